The second-order valence-electron chi connectivity index (χ2n) is 8.42. The Morgan fingerprint density at radius 2 is 1.69 bits per heavy atom. The SMILES string of the molecule is CCOC(=O)c1cnc(SCCCCC2(C(=O)NCC(F)(F)F)c3ccccc3-c3ccccc32)[nH]1. The smallest absolute Gasteiger partial charge is 0.405 e. The van der Waals surface area contributed by atoms with Crippen molar-refractivity contribution in [2.45, 2.75) is 42.9 Å². The zero-order valence-corrected chi connectivity index (χ0v) is 20.5. The van der Waals surface area contributed by atoms with Crippen molar-refractivity contribution in [2.75, 3.05) is 18.9 Å². The average molecular weight is 518 g/mol. The molecule has 0 saturated heterocycles. The Morgan fingerprint density at radius 1 is 1.06 bits per heavy atom. The molecule has 2 aromatic carbocycles. The lowest BCUT2D eigenvalue weighted by atomic mass is 9.73. The number of rotatable bonds is 10. The maximum Gasteiger partial charge on any atom is 0.405 e. The summed E-state index contributed by atoms with van der Waals surface area (Å²) in [6, 6.07) is 14.8. The van der Waals surface area contributed by atoms with Crippen LogP contribution in [-0.4, -0.2) is 46.9 Å². The van der Waals surface area contributed by atoms with Gasteiger partial charge in [0.05, 0.1) is 12.8 Å². The average Bonchev–Trinajstić information content (AvgIpc) is 3.44. The number of carbonyl (C=O) groups excluding carboxylic acids is 2. The highest BCUT2D eigenvalue weighted by atomic mass is 32.2. The highest BCUT2D eigenvalue weighted by molar-refractivity contribution is 7.99. The molecule has 0 bridgehead atoms. The molecule has 190 valence electrons. The summed E-state index contributed by atoms with van der Waals surface area (Å²) in [6.07, 6.45) is -1.43. The van der Waals surface area contributed by atoms with Crippen molar-refractivity contribution in [1.82, 2.24) is 15.3 Å². The largest absolute Gasteiger partial charge is 0.461 e. The summed E-state index contributed by atoms with van der Waals surface area (Å²) in [4.78, 5) is 32.4. The van der Waals surface area contributed by atoms with Crippen LogP contribution in [0.5, 0.6) is 0 Å². The van der Waals surface area contributed by atoms with Crippen molar-refractivity contribution in [3.8, 4) is 11.1 Å². The molecule has 6 nitrogen and oxygen atoms in total. The number of thioether (sulfide) groups is 1. The van der Waals surface area contributed by atoms with Crippen LogP contribution in [0.2, 0.25) is 0 Å². The molecule has 1 amide bonds. The van der Waals surface area contributed by atoms with Gasteiger partial charge in [-0.25, -0.2) is 9.78 Å². The molecule has 1 aliphatic rings. The fourth-order valence-corrected chi connectivity index (χ4v) is 5.49. The summed E-state index contributed by atoms with van der Waals surface area (Å²) in [5.74, 6) is -0.462. The Bertz CT molecular complexity index is 1200. The minimum absolute atomic E-state index is 0.269. The van der Waals surface area contributed by atoms with Gasteiger partial charge in [0.1, 0.15) is 17.7 Å². The molecule has 10 heteroatoms. The minimum atomic E-state index is -4.50. The molecule has 0 aliphatic heterocycles. The van der Waals surface area contributed by atoms with Crippen molar-refractivity contribution in [3.63, 3.8) is 0 Å². The van der Waals surface area contributed by atoms with Crippen LogP contribution in [0.3, 0.4) is 0 Å². The highest BCUT2D eigenvalue weighted by Gasteiger charge is 2.49. The van der Waals surface area contributed by atoms with Gasteiger partial charge in [0.2, 0.25) is 5.91 Å². The Morgan fingerprint density at radius 3 is 2.31 bits per heavy atom. The van der Waals surface area contributed by atoms with Crippen LogP contribution in [0.1, 0.15) is 47.8 Å². The fraction of sp³-hybridized carbons (Fsp3) is 0.346. The third-order valence-electron chi connectivity index (χ3n) is 6.13. The topological polar surface area (TPSA) is 84.1 Å². The Balaban J connectivity index is 1.50. The van der Waals surface area contributed by atoms with Crippen molar-refractivity contribution in [1.29, 1.82) is 0 Å². The molecule has 3 aromatic rings. The lowest BCUT2D eigenvalue weighted by Crippen LogP contribution is -2.47. The van der Waals surface area contributed by atoms with E-state index in [1.165, 1.54) is 18.0 Å². The molecule has 2 N–H and O–H groups in total. The Kier molecular flexibility index (Phi) is 7.73. The van der Waals surface area contributed by atoms with Crippen molar-refractivity contribution in [3.05, 3.63) is 71.5 Å². The minimum Gasteiger partial charge on any atom is -0.461 e. The zero-order chi connectivity index (χ0) is 25.8. The number of H-pyrrole nitrogens is 1. The van der Waals surface area contributed by atoms with E-state index < -0.39 is 30.0 Å². The van der Waals surface area contributed by atoms with Crippen molar-refractivity contribution >= 4 is 23.6 Å². The standard InChI is InChI=1S/C26H26F3N3O3S/c1-2-35-22(33)21-15-30-24(32-21)36-14-8-7-13-25(23(34)31-16-26(27,28)29)19-11-5-3-9-17(19)18-10-4-6-12-20(18)25/h3-6,9-12,15H,2,7-8,13-14,16H2,1H3,(H,30,32)(H,31,34). The van der Waals surface area contributed by atoms with Crippen LogP contribution in [0, 0.1) is 0 Å². The van der Waals surface area contributed by atoms with E-state index >= 15 is 0 Å². The fourth-order valence-electron chi connectivity index (χ4n) is 4.63. The molecule has 36 heavy (non-hydrogen) atoms. The Labute approximate surface area is 211 Å². The maximum atomic E-state index is 13.5. The number of carbonyl (C=O) groups is 2. The number of imidazole rings is 1. The Hall–Kier alpha value is -3.27. The van der Waals surface area contributed by atoms with E-state index in [1.54, 1.807) is 6.92 Å². The number of benzene rings is 2. The summed E-state index contributed by atoms with van der Waals surface area (Å²) in [5, 5.41) is 2.73. The monoisotopic (exact) mass is 517 g/mol. The molecule has 0 radical (unpaired) electrons. The van der Waals surface area contributed by atoms with Crippen LogP contribution >= 0.6 is 11.8 Å². The molecule has 0 saturated carbocycles. The molecule has 1 aromatic heterocycles. The first-order chi connectivity index (χ1) is 17.3. The number of esters is 1. The summed E-state index contributed by atoms with van der Waals surface area (Å²) < 4.78 is 43.9. The zero-order valence-electron chi connectivity index (χ0n) is 19.7. The molecule has 0 spiro atoms. The number of hydrogen-bond donors (Lipinski definition) is 2. The van der Waals surface area contributed by atoms with Gasteiger partial charge in [0, 0.05) is 5.75 Å². The quantitative estimate of drug-likeness (QED) is 0.211. The molecule has 1 aliphatic carbocycles. The second-order valence-corrected chi connectivity index (χ2v) is 9.51. The number of alkyl halides is 3. The van der Waals surface area contributed by atoms with Gasteiger partial charge in [-0.1, -0.05) is 66.7 Å². The first-order valence-electron chi connectivity index (χ1n) is 11.7. The van der Waals surface area contributed by atoms with Crippen LogP contribution in [-0.2, 0) is 14.9 Å². The molecule has 0 fully saturated rings. The molecule has 0 atom stereocenters. The van der Waals surface area contributed by atoms with Gasteiger partial charge in [-0.15, -0.1) is 0 Å². The van der Waals surface area contributed by atoms with Gasteiger partial charge < -0.3 is 15.0 Å². The first kappa shape index (κ1) is 25.8. The molecule has 1 heterocycles. The highest BCUT2D eigenvalue weighted by Crippen LogP contribution is 2.51. The normalized spacial score (nSPS) is 13.7. The second kappa shape index (κ2) is 10.8. The van der Waals surface area contributed by atoms with E-state index in [0.29, 0.717) is 30.2 Å². The number of nitrogens with zero attached hydrogens (tertiary/aromatic N) is 1. The van der Waals surface area contributed by atoms with Gasteiger partial charge in [-0.2, -0.15) is 13.2 Å². The van der Waals surface area contributed by atoms with Crippen LogP contribution in [0.25, 0.3) is 11.1 Å². The summed E-state index contributed by atoms with van der Waals surface area (Å²) in [6.45, 7) is 0.612. The molecule has 4 rings (SSSR count). The van der Waals surface area contributed by atoms with Crippen molar-refractivity contribution < 1.29 is 27.5 Å². The number of unbranched alkanes of at least 4 members (excludes halogenated alkanes) is 1. The van der Waals surface area contributed by atoms with E-state index in [2.05, 4.69) is 15.3 Å². The van der Waals surface area contributed by atoms with E-state index in [0.717, 1.165) is 22.3 Å². The maximum absolute atomic E-state index is 13.5. The van der Waals surface area contributed by atoms with Gasteiger partial charge in [-0.05, 0) is 42.0 Å². The number of aromatic amines is 1. The third kappa shape index (κ3) is 5.28. The number of aromatic nitrogens is 2. The van der Waals surface area contributed by atoms with E-state index in [9.17, 15) is 22.8 Å². The van der Waals surface area contributed by atoms with Crippen LogP contribution in [0.4, 0.5) is 13.2 Å². The summed E-state index contributed by atoms with van der Waals surface area (Å²) >= 11 is 1.43. The number of fused-ring (bicyclic) bond motifs is 3. The lowest BCUT2D eigenvalue weighted by molar-refractivity contribution is -0.141. The van der Waals surface area contributed by atoms with Crippen molar-refractivity contribution in [2.24, 2.45) is 0 Å². The summed E-state index contributed by atoms with van der Waals surface area (Å²) in [5.41, 5.74) is 2.26. The van der Waals surface area contributed by atoms with Crippen LogP contribution in [0.15, 0.2) is 59.9 Å². The first-order valence-corrected chi connectivity index (χ1v) is 12.6. The predicted octanol–water partition coefficient (Wildman–Crippen LogP) is 5.49. The number of amides is 1. The van der Waals surface area contributed by atoms with E-state index in [4.69, 9.17) is 4.74 Å². The number of ether oxygens (including phenoxy) is 1. The van der Waals surface area contributed by atoms with Gasteiger partial charge in [0.15, 0.2) is 5.16 Å². The van der Waals surface area contributed by atoms with Gasteiger partial charge in [0.25, 0.3) is 0 Å². The van der Waals surface area contributed by atoms with E-state index in [1.807, 2.05) is 48.5 Å². The van der Waals surface area contributed by atoms with Gasteiger partial charge >= 0.3 is 12.1 Å². The predicted molar refractivity (Wildman–Crippen MR) is 131 cm³/mol. The molecular weight excluding hydrogens is 491 g/mol. The lowest BCUT2D eigenvalue weighted by Gasteiger charge is -2.31. The molecular formula is C26H26F3N3O3S. The third-order valence-corrected chi connectivity index (χ3v) is 7.11. The number of hydrogen-bond acceptors (Lipinski definition) is 5. The summed E-state index contributed by atoms with van der Waals surface area (Å²) in [7, 11) is 0. The van der Waals surface area contributed by atoms with Crippen LogP contribution < -0.4 is 5.32 Å². The molecule has 0 unspecified atom stereocenters. The van der Waals surface area contributed by atoms with E-state index in [-0.39, 0.29) is 12.3 Å². The number of nitrogens with one attached hydrogen (secondary N) is 2. The number of halogens is 3. The van der Waals surface area contributed by atoms with Gasteiger partial charge in [-0.3, -0.25) is 4.79 Å².